The average molecular weight is 319 g/mol. The number of carbonyl (C=O) groups is 2. The summed E-state index contributed by atoms with van der Waals surface area (Å²) in [5.74, 6) is -0.280. The van der Waals surface area contributed by atoms with Crippen LogP contribution in [-0.2, 0) is 11.3 Å². The van der Waals surface area contributed by atoms with E-state index in [2.05, 4.69) is 10.3 Å². The lowest BCUT2D eigenvalue weighted by Crippen LogP contribution is -2.42. The SMILES string of the molecule is C[C@@H](C(=O)Nc1cccc2[nH]ccc12)N1Cc2ccccc2C1=O. The van der Waals surface area contributed by atoms with Gasteiger partial charge in [0.05, 0.1) is 5.69 Å². The Labute approximate surface area is 139 Å². The molecule has 1 aliphatic heterocycles. The standard InChI is InChI=1S/C19H17N3O2/c1-12(22-11-13-5-2-3-6-14(13)19(22)24)18(23)21-17-8-4-7-16-15(17)9-10-20-16/h2-10,12,20H,11H2,1H3,(H,21,23)/t12-/m0/s1. The highest BCUT2D eigenvalue weighted by Crippen LogP contribution is 2.26. The second kappa shape index (κ2) is 5.53. The monoisotopic (exact) mass is 319 g/mol. The van der Waals surface area contributed by atoms with Gasteiger partial charge in [0.2, 0.25) is 5.91 Å². The zero-order valence-electron chi connectivity index (χ0n) is 13.2. The number of H-pyrrole nitrogens is 1. The number of rotatable bonds is 3. The molecule has 24 heavy (non-hydrogen) atoms. The van der Waals surface area contributed by atoms with Gasteiger partial charge >= 0.3 is 0 Å². The van der Waals surface area contributed by atoms with Crippen molar-refractivity contribution < 1.29 is 9.59 Å². The summed E-state index contributed by atoms with van der Waals surface area (Å²) in [6.45, 7) is 2.23. The van der Waals surface area contributed by atoms with Gasteiger partial charge in [-0.1, -0.05) is 24.3 Å². The summed E-state index contributed by atoms with van der Waals surface area (Å²) in [6.07, 6.45) is 1.84. The molecule has 0 unspecified atom stereocenters. The zero-order chi connectivity index (χ0) is 16.7. The number of hydrogen-bond donors (Lipinski definition) is 2. The van der Waals surface area contributed by atoms with E-state index in [1.807, 2.05) is 54.7 Å². The van der Waals surface area contributed by atoms with Gasteiger partial charge in [0.25, 0.3) is 5.91 Å². The maximum atomic E-state index is 12.6. The molecule has 0 saturated carbocycles. The van der Waals surface area contributed by atoms with E-state index in [0.717, 1.165) is 22.2 Å². The number of nitrogens with one attached hydrogen (secondary N) is 2. The normalized spacial score (nSPS) is 14.7. The Balaban J connectivity index is 1.55. The smallest absolute Gasteiger partial charge is 0.255 e. The Kier molecular flexibility index (Phi) is 3.34. The minimum atomic E-state index is -0.543. The van der Waals surface area contributed by atoms with Gasteiger partial charge in [0.1, 0.15) is 6.04 Å². The molecule has 120 valence electrons. The number of nitrogens with zero attached hydrogens (tertiary/aromatic N) is 1. The molecule has 0 bridgehead atoms. The van der Waals surface area contributed by atoms with Crippen molar-refractivity contribution in [3.63, 3.8) is 0 Å². The van der Waals surface area contributed by atoms with Gasteiger partial charge < -0.3 is 15.2 Å². The number of carbonyl (C=O) groups excluding carboxylic acids is 2. The second-order valence-corrected chi connectivity index (χ2v) is 6.00. The van der Waals surface area contributed by atoms with Crippen molar-refractivity contribution in [3.05, 3.63) is 65.9 Å². The highest BCUT2D eigenvalue weighted by molar-refractivity contribution is 6.06. The summed E-state index contributed by atoms with van der Waals surface area (Å²) >= 11 is 0. The number of anilines is 1. The summed E-state index contributed by atoms with van der Waals surface area (Å²) in [7, 11) is 0. The molecule has 1 atom stereocenters. The molecule has 0 radical (unpaired) electrons. The topological polar surface area (TPSA) is 65.2 Å². The molecule has 0 fully saturated rings. The third-order valence-electron chi connectivity index (χ3n) is 4.55. The van der Waals surface area contributed by atoms with Crippen molar-refractivity contribution in [1.29, 1.82) is 0 Å². The summed E-state index contributed by atoms with van der Waals surface area (Å²) in [6, 6.07) is 14.6. The van der Waals surface area contributed by atoms with Crippen LogP contribution < -0.4 is 5.32 Å². The number of amides is 2. The molecule has 3 aromatic rings. The Morgan fingerprint density at radius 3 is 2.83 bits per heavy atom. The van der Waals surface area contributed by atoms with E-state index in [4.69, 9.17) is 0 Å². The van der Waals surface area contributed by atoms with E-state index in [9.17, 15) is 9.59 Å². The Morgan fingerprint density at radius 1 is 1.17 bits per heavy atom. The highest BCUT2D eigenvalue weighted by atomic mass is 16.2. The molecular formula is C19H17N3O2. The molecular weight excluding hydrogens is 302 g/mol. The molecule has 0 aliphatic carbocycles. The Bertz CT molecular complexity index is 944. The number of hydrogen-bond acceptors (Lipinski definition) is 2. The lowest BCUT2D eigenvalue weighted by atomic mass is 10.1. The molecule has 5 heteroatoms. The van der Waals surface area contributed by atoms with Crippen molar-refractivity contribution in [2.24, 2.45) is 0 Å². The second-order valence-electron chi connectivity index (χ2n) is 6.00. The summed E-state index contributed by atoms with van der Waals surface area (Å²) in [5.41, 5.74) is 3.36. The maximum Gasteiger partial charge on any atom is 0.255 e. The van der Waals surface area contributed by atoms with E-state index < -0.39 is 6.04 Å². The first kappa shape index (κ1) is 14.5. The molecule has 1 aromatic heterocycles. The van der Waals surface area contributed by atoms with Crippen molar-refractivity contribution in [2.45, 2.75) is 19.5 Å². The molecule has 0 saturated heterocycles. The van der Waals surface area contributed by atoms with E-state index in [1.54, 1.807) is 11.8 Å². The molecule has 2 aromatic carbocycles. The van der Waals surface area contributed by atoms with Crippen molar-refractivity contribution >= 4 is 28.4 Å². The largest absolute Gasteiger partial charge is 0.361 e. The van der Waals surface area contributed by atoms with Gasteiger partial charge in [-0.3, -0.25) is 9.59 Å². The molecule has 4 rings (SSSR count). The van der Waals surface area contributed by atoms with Crippen LogP contribution in [0.2, 0.25) is 0 Å². The van der Waals surface area contributed by atoms with Gasteiger partial charge in [-0.25, -0.2) is 0 Å². The molecule has 1 aliphatic rings. The quantitative estimate of drug-likeness (QED) is 0.779. The maximum absolute atomic E-state index is 12.6. The number of aromatic amines is 1. The Morgan fingerprint density at radius 2 is 2.00 bits per heavy atom. The van der Waals surface area contributed by atoms with Crippen LogP contribution in [0, 0.1) is 0 Å². The summed E-state index contributed by atoms with van der Waals surface area (Å²) in [5, 5.41) is 3.90. The first-order valence-electron chi connectivity index (χ1n) is 7.91. The third kappa shape index (κ3) is 2.25. The van der Waals surface area contributed by atoms with Gasteiger partial charge in [0, 0.05) is 29.2 Å². The number of aromatic nitrogens is 1. The molecule has 2 N–H and O–H groups in total. The highest BCUT2D eigenvalue weighted by Gasteiger charge is 2.33. The summed E-state index contributed by atoms with van der Waals surface area (Å²) in [4.78, 5) is 29.9. The van der Waals surface area contributed by atoms with Gasteiger partial charge in [-0.2, -0.15) is 0 Å². The lowest BCUT2D eigenvalue weighted by molar-refractivity contribution is -0.120. The van der Waals surface area contributed by atoms with E-state index in [1.165, 1.54) is 0 Å². The van der Waals surface area contributed by atoms with Crippen LogP contribution in [-0.4, -0.2) is 27.7 Å². The van der Waals surface area contributed by atoms with Crippen LogP contribution in [0.5, 0.6) is 0 Å². The fourth-order valence-electron chi connectivity index (χ4n) is 3.16. The van der Waals surface area contributed by atoms with Crippen LogP contribution in [0.1, 0.15) is 22.8 Å². The van der Waals surface area contributed by atoms with Gasteiger partial charge in [-0.05, 0) is 36.8 Å². The van der Waals surface area contributed by atoms with Crippen molar-refractivity contribution in [1.82, 2.24) is 9.88 Å². The molecule has 5 nitrogen and oxygen atoms in total. The predicted octanol–water partition coefficient (Wildman–Crippen LogP) is 3.15. The van der Waals surface area contributed by atoms with Crippen LogP contribution in [0.25, 0.3) is 10.9 Å². The zero-order valence-corrected chi connectivity index (χ0v) is 13.2. The van der Waals surface area contributed by atoms with Crippen LogP contribution in [0.4, 0.5) is 5.69 Å². The van der Waals surface area contributed by atoms with E-state index in [-0.39, 0.29) is 11.8 Å². The van der Waals surface area contributed by atoms with Gasteiger partial charge in [0.15, 0.2) is 0 Å². The Hall–Kier alpha value is -3.08. The summed E-state index contributed by atoms with van der Waals surface area (Å²) < 4.78 is 0. The fraction of sp³-hybridized carbons (Fsp3) is 0.158. The van der Waals surface area contributed by atoms with Gasteiger partial charge in [-0.15, -0.1) is 0 Å². The number of fused-ring (bicyclic) bond motifs is 2. The molecule has 2 heterocycles. The minimum absolute atomic E-state index is 0.0897. The van der Waals surface area contributed by atoms with Crippen LogP contribution in [0.15, 0.2) is 54.7 Å². The minimum Gasteiger partial charge on any atom is -0.361 e. The van der Waals surface area contributed by atoms with Crippen molar-refractivity contribution in [2.75, 3.05) is 5.32 Å². The average Bonchev–Trinajstić information content (AvgIpc) is 3.20. The molecule has 2 amide bonds. The van der Waals surface area contributed by atoms with Crippen LogP contribution in [0.3, 0.4) is 0 Å². The lowest BCUT2D eigenvalue weighted by Gasteiger charge is -2.23. The first-order chi connectivity index (χ1) is 11.6. The number of benzene rings is 2. The first-order valence-corrected chi connectivity index (χ1v) is 7.91. The van der Waals surface area contributed by atoms with E-state index >= 15 is 0 Å². The van der Waals surface area contributed by atoms with Crippen molar-refractivity contribution in [3.8, 4) is 0 Å². The molecule has 0 spiro atoms. The predicted molar refractivity (Wildman–Crippen MR) is 92.7 cm³/mol. The van der Waals surface area contributed by atoms with E-state index in [0.29, 0.717) is 12.1 Å². The van der Waals surface area contributed by atoms with Crippen LogP contribution >= 0.6 is 0 Å². The third-order valence-corrected chi connectivity index (χ3v) is 4.55. The fourth-order valence-corrected chi connectivity index (χ4v) is 3.16.